The molecule has 0 radical (unpaired) electrons. The van der Waals surface area contributed by atoms with Gasteiger partial charge in [0, 0.05) is 6.42 Å². The fraction of sp³-hybridized carbons (Fsp3) is 0.919. The number of nitrogens with zero attached hydrogens (tertiary/aromatic N) is 2. The second kappa shape index (κ2) is 28.7. The van der Waals surface area contributed by atoms with E-state index < -0.39 is 0 Å². The van der Waals surface area contributed by atoms with Crippen molar-refractivity contribution >= 4 is 0 Å². The predicted octanol–water partition coefficient (Wildman–Crippen LogP) is 12.3. The molecule has 0 bridgehead atoms. The van der Waals surface area contributed by atoms with Gasteiger partial charge in [0.1, 0.15) is 12.4 Å². The van der Waals surface area contributed by atoms with Crippen molar-refractivity contribution in [2.45, 2.75) is 220 Å². The lowest BCUT2D eigenvalue weighted by Gasteiger charge is -2.07. The Hall–Kier alpha value is -0.790. The molecular weight excluding hydrogens is 472 g/mol. The molecule has 0 atom stereocenters. The fourth-order valence-electron chi connectivity index (χ4n) is 6.15. The summed E-state index contributed by atoms with van der Waals surface area (Å²) in [4.78, 5) is 0. The van der Waals surface area contributed by atoms with E-state index in [2.05, 4.69) is 42.3 Å². The minimum Gasteiger partial charge on any atom is -0.234 e. The SMILES string of the molecule is CCCCCCCCCCCCCC[n+]1ccn(CCCCCCCCCC)c1CCCCCCCCCC. The van der Waals surface area contributed by atoms with Crippen molar-refractivity contribution in [1.29, 1.82) is 0 Å². The van der Waals surface area contributed by atoms with Gasteiger partial charge in [-0.15, -0.1) is 0 Å². The van der Waals surface area contributed by atoms with Crippen molar-refractivity contribution in [1.82, 2.24) is 4.57 Å². The third kappa shape index (κ3) is 21.6. The molecule has 0 fully saturated rings. The molecule has 0 aromatic carbocycles. The minimum atomic E-state index is 1.23. The topological polar surface area (TPSA) is 8.81 Å². The van der Waals surface area contributed by atoms with Gasteiger partial charge in [-0.05, 0) is 32.1 Å². The molecule has 1 rings (SSSR count). The molecule has 1 aromatic heterocycles. The monoisotopic (exact) mass is 546 g/mol. The molecule has 1 heterocycles. The first-order chi connectivity index (χ1) is 19.3. The minimum absolute atomic E-state index is 1.23. The normalized spacial score (nSPS) is 11.6. The van der Waals surface area contributed by atoms with Crippen LogP contribution in [0.25, 0.3) is 0 Å². The lowest BCUT2D eigenvalue weighted by Crippen LogP contribution is -2.37. The maximum absolute atomic E-state index is 2.63. The van der Waals surface area contributed by atoms with Gasteiger partial charge in [0.15, 0.2) is 0 Å². The maximum atomic E-state index is 2.63. The molecule has 0 saturated carbocycles. The van der Waals surface area contributed by atoms with Crippen LogP contribution in [-0.2, 0) is 19.5 Å². The standard InChI is InChI=1S/C37H73N2/c1-4-7-10-13-16-19-20-21-22-25-28-31-34-39-36-35-38(33-30-27-24-18-15-12-9-6-3)37(39)32-29-26-23-17-14-11-8-5-2/h35-36H,4-34H2,1-3H3/q+1. The van der Waals surface area contributed by atoms with E-state index in [0.717, 1.165) is 0 Å². The van der Waals surface area contributed by atoms with Crippen LogP contribution in [0.15, 0.2) is 12.4 Å². The summed E-state index contributed by atoms with van der Waals surface area (Å²) in [5.41, 5.74) is 0. The average molecular weight is 546 g/mol. The molecule has 1 aromatic rings. The van der Waals surface area contributed by atoms with Crippen LogP contribution in [0.3, 0.4) is 0 Å². The van der Waals surface area contributed by atoms with E-state index in [-0.39, 0.29) is 0 Å². The predicted molar refractivity (Wildman–Crippen MR) is 175 cm³/mol. The van der Waals surface area contributed by atoms with Crippen LogP contribution in [0, 0.1) is 0 Å². The summed E-state index contributed by atoms with van der Waals surface area (Å²) in [5, 5.41) is 0. The highest BCUT2D eigenvalue weighted by Crippen LogP contribution is 2.14. The van der Waals surface area contributed by atoms with E-state index in [9.17, 15) is 0 Å². The van der Waals surface area contributed by atoms with Gasteiger partial charge < -0.3 is 0 Å². The van der Waals surface area contributed by atoms with E-state index in [1.165, 1.54) is 199 Å². The molecule has 0 N–H and O–H groups in total. The summed E-state index contributed by atoms with van der Waals surface area (Å²) >= 11 is 0. The first kappa shape index (κ1) is 36.2. The third-order valence-electron chi connectivity index (χ3n) is 8.85. The number of hydrogen-bond acceptors (Lipinski definition) is 0. The largest absolute Gasteiger partial charge is 0.256 e. The highest BCUT2D eigenvalue weighted by Gasteiger charge is 2.16. The Labute approximate surface area is 247 Å². The summed E-state index contributed by atoms with van der Waals surface area (Å²) in [6, 6.07) is 0. The molecule has 0 aliphatic carbocycles. The van der Waals surface area contributed by atoms with Gasteiger partial charge in [0.05, 0.1) is 13.1 Å². The molecular formula is C37H73N2+. The van der Waals surface area contributed by atoms with Crippen LogP contribution in [0.1, 0.15) is 206 Å². The van der Waals surface area contributed by atoms with Crippen molar-refractivity contribution in [3.05, 3.63) is 18.2 Å². The van der Waals surface area contributed by atoms with Gasteiger partial charge in [-0.25, -0.2) is 9.13 Å². The lowest BCUT2D eigenvalue weighted by molar-refractivity contribution is -0.704. The summed E-state index contributed by atoms with van der Waals surface area (Å²) in [6.07, 6.45) is 45.9. The first-order valence-electron chi connectivity index (χ1n) is 18.4. The van der Waals surface area contributed by atoms with Crippen molar-refractivity contribution in [3.8, 4) is 0 Å². The van der Waals surface area contributed by atoms with Gasteiger partial charge in [-0.3, -0.25) is 0 Å². The summed E-state index contributed by atoms with van der Waals surface area (Å²) < 4.78 is 5.25. The number of rotatable bonds is 31. The van der Waals surface area contributed by atoms with Crippen molar-refractivity contribution in [3.63, 3.8) is 0 Å². The van der Waals surface area contributed by atoms with Crippen LogP contribution in [0.2, 0.25) is 0 Å². The molecule has 0 amide bonds. The van der Waals surface area contributed by atoms with E-state index in [1.807, 2.05) is 0 Å². The quantitative estimate of drug-likeness (QED) is 0.0648. The summed E-state index contributed by atoms with van der Waals surface area (Å²) in [7, 11) is 0. The number of hydrogen-bond donors (Lipinski definition) is 0. The van der Waals surface area contributed by atoms with Crippen LogP contribution >= 0.6 is 0 Å². The van der Waals surface area contributed by atoms with Crippen LogP contribution in [0.4, 0.5) is 0 Å². The Balaban J connectivity index is 2.31. The highest BCUT2D eigenvalue weighted by atomic mass is 15.1. The molecule has 2 heteroatoms. The van der Waals surface area contributed by atoms with Crippen LogP contribution in [-0.4, -0.2) is 4.57 Å². The fourth-order valence-corrected chi connectivity index (χ4v) is 6.15. The number of aromatic nitrogens is 2. The van der Waals surface area contributed by atoms with Crippen LogP contribution in [0.5, 0.6) is 0 Å². The van der Waals surface area contributed by atoms with Gasteiger partial charge in [0.2, 0.25) is 0 Å². The Bertz CT molecular complexity index is 605. The Morgan fingerprint density at radius 2 is 0.795 bits per heavy atom. The smallest absolute Gasteiger partial charge is 0.234 e. The number of unbranched alkanes of at least 4 members (excludes halogenated alkanes) is 25. The lowest BCUT2D eigenvalue weighted by atomic mass is 10.1. The summed E-state index contributed by atoms with van der Waals surface area (Å²) in [5.74, 6) is 1.62. The second-order valence-corrected chi connectivity index (χ2v) is 12.7. The Morgan fingerprint density at radius 1 is 0.436 bits per heavy atom. The van der Waals surface area contributed by atoms with Gasteiger partial charge in [-0.1, -0.05) is 168 Å². The molecule has 2 nitrogen and oxygen atoms in total. The zero-order valence-electron chi connectivity index (χ0n) is 27.5. The van der Waals surface area contributed by atoms with Gasteiger partial charge >= 0.3 is 0 Å². The molecule has 39 heavy (non-hydrogen) atoms. The molecule has 0 aliphatic heterocycles. The van der Waals surface area contributed by atoms with E-state index in [4.69, 9.17) is 0 Å². The molecule has 0 unspecified atom stereocenters. The van der Waals surface area contributed by atoms with Gasteiger partial charge in [-0.2, -0.15) is 0 Å². The van der Waals surface area contributed by atoms with E-state index >= 15 is 0 Å². The number of aryl methyl sites for hydroxylation is 2. The molecule has 230 valence electrons. The molecule has 0 aliphatic rings. The third-order valence-corrected chi connectivity index (χ3v) is 8.85. The van der Waals surface area contributed by atoms with Gasteiger partial charge in [0.25, 0.3) is 5.82 Å². The van der Waals surface area contributed by atoms with Crippen molar-refractivity contribution < 1.29 is 4.57 Å². The van der Waals surface area contributed by atoms with E-state index in [1.54, 1.807) is 5.82 Å². The van der Waals surface area contributed by atoms with E-state index in [0.29, 0.717) is 0 Å². The average Bonchev–Trinajstić information content (AvgIpc) is 3.33. The van der Waals surface area contributed by atoms with Crippen molar-refractivity contribution in [2.75, 3.05) is 0 Å². The summed E-state index contributed by atoms with van der Waals surface area (Å²) in [6.45, 7) is 9.40. The van der Waals surface area contributed by atoms with Crippen LogP contribution < -0.4 is 4.57 Å². The highest BCUT2D eigenvalue weighted by molar-refractivity contribution is 4.84. The Kier molecular flexibility index (Phi) is 26.7. The zero-order valence-corrected chi connectivity index (χ0v) is 27.5. The zero-order chi connectivity index (χ0) is 28.1. The molecule has 0 saturated heterocycles. The van der Waals surface area contributed by atoms with Crippen molar-refractivity contribution in [2.24, 2.45) is 0 Å². The maximum Gasteiger partial charge on any atom is 0.256 e. The first-order valence-corrected chi connectivity index (χ1v) is 18.4. The molecule has 0 spiro atoms. The Morgan fingerprint density at radius 3 is 1.23 bits per heavy atom. The second-order valence-electron chi connectivity index (χ2n) is 12.7. The number of imidazole rings is 1.